The summed E-state index contributed by atoms with van der Waals surface area (Å²) in [5, 5.41) is 0. The molecule has 2 heteroatoms. The Hall–Kier alpha value is -1.02. The molecule has 1 aromatic carbocycles. The number of anilines is 1. The van der Waals surface area contributed by atoms with Crippen LogP contribution in [-0.2, 0) is 6.42 Å². The Labute approximate surface area is 85.7 Å². The van der Waals surface area contributed by atoms with Gasteiger partial charge in [-0.3, -0.25) is 0 Å². The predicted octanol–water partition coefficient (Wildman–Crippen LogP) is 1.91. The van der Waals surface area contributed by atoms with Gasteiger partial charge in [-0.1, -0.05) is 12.1 Å². The van der Waals surface area contributed by atoms with Crippen LogP contribution < -0.4 is 5.73 Å². The first kappa shape index (κ1) is 9.53. The van der Waals surface area contributed by atoms with E-state index in [1.54, 1.807) is 0 Å². The van der Waals surface area contributed by atoms with Crippen molar-refractivity contribution < 1.29 is 0 Å². The second kappa shape index (κ2) is 4.01. The number of hydrogen-bond donors (Lipinski definition) is 1. The standard InChI is InChI=1S/C12H18N2/c1-10-6-8-14(10)9-7-11-2-4-12(13)5-3-11/h2-5,10H,6-9,13H2,1H3. The fourth-order valence-corrected chi connectivity index (χ4v) is 1.86. The summed E-state index contributed by atoms with van der Waals surface area (Å²) < 4.78 is 0. The summed E-state index contributed by atoms with van der Waals surface area (Å²) in [7, 11) is 0. The van der Waals surface area contributed by atoms with Crippen LogP contribution in [0.25, 0.3) is 0 Å². The molecule has 1 aliphatic rings. The second-order valence-electron chi connectivity index (χ2n) is 4.17. The van der Waals surface area contributed by atoms with E-state index in [1.165, 1.54) is 25.1 Å². The number of benzene rings is 1. The molecule has 1 unspecified atom stereocenters. The molecule has 14 heavy (non-hydrogen) atoms. The van der Waals surface area contributed by atoms with E-state index in [-0.39, 0.29) is 0 Å². The van der Waals surface area contributed by atoms with Crippen LogP contribution in [0.3, 0.4) is 0 Å². The Morgan fingerprint density at radius 1 is 1.36 bits per heavy atom. The summed E-state index contributed by atoms with van der Waals surface area (Å²) in [5.41, 5.74) is 7.87. The average Bonchev–Trinajstić information content (AvgIpc) is 2.19. The number of rotatable bonds is 3. The number of likely N-dealkylation sites (tertiary alicyclic amines) is 1. The van der Waals surface area contributed by atoms with Crippen LogP contribution in [0.5, 0.6) is 0 Å². The summed E-state index contributed by atoms with van der Waals surface area (Å²) in [6, 6.07) is 9.01. The largest absolute Gasteiger partial charge is 0.399 e. The molecule has 0 amide bonds. The Balaban J connectivity index is 1.83. The van der Waals surface area contributed by atoms with Gasteiger partial charge in [-0.25, -0.2) is 0 Å². The summed E-state index contributed by atoms with van der Waals surface area (Å²) in [6.45, 7) is 4.76. The topological polar surface area (TPSA) is 29.3 Å². The van der Waals surface area contributed by atoms with Crippen LogP contribution in [0.1, 0.15) is 18.9 Å². The van der Waals surface area contributed by atoms with Gasteiger partial charge in [-0.2, -0.15) is 0 Å². The van der Waals surface area contributed by atoms with Gasteiger partial charge in [-0.15, -0.1) is 0 Å². The maximum Gasteiger partial charge on any atom is 0.0314 e. The van der Waals surface area contributed by atoms with Crippen LogP contribution in [0, 0.1) is 0 Å². The third-order valence-corrected chi connectivity index (χ3v) is 3.12. The first-order chi connectivity index (χ1) is 6.75. The van der Waals surface area contributed by atoms with Gasteiger partial charge in [0, 0.05) is 18.3 Å². The highest BCUT2D eigenvalue weighted by atomic mass is 15.2. The lowest BCUT2D eigenvalue weighted by Crippen LogP contribution is -2.46. The average molecular weight is 190 g/mol. The summed E-state index contributed by atoms with van der Waals surface area (Å²) in [5.74, 6) is 0. The van der Waals surface area contributed by atoms with Crippen molar-refractivity contribution in [2.75, 3.05) is 18.8 Å². The molecule has 1 aromatic rings. The van der Waals surface area contributed by atoms with Gasteiger partial charge in [0.25, 0.3) is 0 Å². The Morgan fingerprint density at radius 3 is 2.57 bits per heavy atom. The molecule has 1 saturated heterocycles. The second-order valence-corrected chi connectivity index (χ2v) is 4.17. The fraction of sp³-hybridized carbons (Fsp3) is 0.500. The predicted molar refractivity (Wildman–Crippen MR) is 60.2 cm³/mol. The normalized spacial score (nSPS) is 21.9. The molecular formula is C12H18N2. The molecule has 1 atom stereocenters. The van der Waals surface area contributed by atoms with Gasteiger partial charge in [-0.05, 0) is 44.0 Å². The van der Waals surface area contributed by atoms with Crippen molar-refractivity contribution in [3.63, 3.8) is 0 Å². The molecule has 0 radical (unpaired) electrons. The van der Waals surface area contributed by atoms with Crippen molar-refractivity contribution in [2.45, 2.75) is 25.8 Å². The third kappa shape index (κ3) is 2.07. The van der Waals surface area contributed by atoms with E-state index in [0.717, 1.165) is 18.2 Å². The molecule has 0 bridgehead atoms. The van der Waals surface area contributed by atoms with E-state index in [4.69, 9.17) is 5.73 Å². The highest BCUT2D eigenvalue weighted by Crippen LogP contribution is 2.16. The zero-order valence-corrected chi connectivity index (χ0v) is 8.74. The Kier molecular flexibility index (Phi) is 2.73. The molecule has 1 fully saturated rings. The number of hydrogen-bond acceptors (Lipinski definition) is 2. The summed E-state index contributed by atoms with van der Waals surface area (Å²) in [6.07, 6.45) is 2.51. The minimum Gasteiger partial charge on any atom is -0.399 e. The van der Waals surface area contributed by atoms with Gasteiger partial charge in [0.2, 0.25) is 0 Å². The Morgan fingerprint density at radius 2 is 2.07 bits per heavy atom. The lowest BCUT2D eigenvalue weighted by molar-refractivity contribution is 0.107. The van der Waals surface area contributed by atoms with E-state index < -0.39 is 0 Å². The minimum atomic E-state index is 0.795. The van der Waals surface area contributed by atoms with Crippen LogP contribution >= 0.6 is 0 Å². The van der Waals surface area contributed by atoms with Crippen molar-refractivity contribution >= 4 is 5.69 Å². The molecule has 76 valence electrons. The smallest absolute Gasteiger partial charge is 0.0314 e. The van der Waals surface area contributed by atoms with Crippen molar-refractivity contribution in [1.29, 1.82) is 0 Å². The quantitative estimate of drug-likeness (QED) is 0.738. The monoisotopic (exact) mass is 190 g/mol. The van der Waals surface area contributed by atoms with E-state index in [2.05, 4.69) is 24.0 Å². The number of nitrogens with two attached hydrogens (primary N) is 1. The van der Waals surface area contributed by atoms with Crippen molar-refractivity contribution in [3.8, 4) is 0 Å². The lowest BCUT2D eigenvalue weighted by atomic mass is 10.0. The highest BCUT2D eigenvalue weighted by Gasteiger charge is 2.22. The van der Waals surface area contributed by atoms with Crippen molar-refractivity contribution in [2.24, 2.45) is 0 Å². The molecule has 2 nitrogen and oxygen atoms in total. The maximum atomic E-state index is 5.63. The Bertz CT molecular complexity index is 292. The van der Waals surface area contributed by atoms with Crippen molar-refractivity contribution in [3.05, 3.63) is 29.8 Å². The van der Waals surface area contributed by atoms with E-state index >= 15 is 0 Å². The fourth-order valence-electron chi connectivity index (χ4n) is 1.86. The van der Waals surface area contributed by atoms with Crippen LogP contribution in [0.15, 0.2) is 24.3 Å². The van der Waals surface area contributed by atoms with Crippen LogP contribution in [-0.4, -0.2) is 24.0 Å². The van der Waals surface area contributed by atoms with Crippen LogP contribution in [0.4, 0.5) is 5.69 Å². The van der Waals surface area contributed by atoms with E-state index in [0.29, 0.717) is 0 Å². The maximum absolute atomic E-state index is 5.63. The summed E-state index contributed by atoms with van der Waals surface area (Å²) in [4.78, 5) is 2.52. The first-order valence-electron chi connectivity index (χ1n) is 5.34. The molecule has 2 rings (SSSR count). The molecule has 0 saturated carbocycles. The van der Waals surface area contributed by atoms with E-state index in [9.17, 15) is 0 Å². The molecule has 2 N–H and O–H groups in total. The van der Waals surface area contributed by atoms with Crippen molar-refractivity contribution in [1.82, 2.24) is 4.90 Å². The zero-order valence-electron chi connectivity index (χ0n) is 8.74. The van der Waals surface area contributed by atoms with Gasteiger partial charge < -0.3 is 10.6 Å². The highest BCUT2D eigenvalue weighted by molar-refractivity contribution is 5.39. The van der Waals surface area contributed by atoms with Gasteiger partial charge in [0.15, 0.2) is 0 Å². The number of nitrogen functional groups attached to an aromatic ring is 1. The molecule has 0 aliphatic carbocycles. The zero-order chi connectivity index (χ0) is 9.97. The van der Waals surface area contributed by atoms with Gasteiger partial charge in [0.1, 0.15) is 0 Å². The number of nitrogens with zero attached hydrogens (tertiary/aromatic N) is 1. The molecule has 1 aliphatic heterocycles. The third-order valence-electron chi connectivity index (χ3n) is 3.12. The lowest BCUT2D eigenvalue weighted by Gasteiger charge is -2.38. The van der Waals surface area contributed by atoms with Crippen LogP contribution in [0.2, 0.25) is 0 Å². The minimum absolute atomic E-state index is 0.795. The van der Waals surface area contributed by atoms with E-state index in [1.807, 2.05) is 12.1 Å². The van der Waals surface area contributed by atoms with Gasteiger partial charge >= 0.3 is 0 Å². The molecular weight excluding hydrogens is 172 g/mol. The first-order valence-corrected chi connectivity index (χ1v) is 5.34. The SMILES string of the molecule is CC1CCN1CCc1ccc(N)cc1. The van der Waals surface area contributed by atoms with Gasteiger partial charge in [0.05, 0.1) is 0 Å². The summed E-state index contributed by atoms with van der Waals surface area (Å²) >= 11 is 0. The molecule has 0 aromatic heterocycles. The molecule has 1 heterocycles. The molecule has 0 spiro atoms.